The Balaban J connectivity index is 1.46. The van der Waals surface area contributed by atoms with Gasteiger partial charge in [-0.25, -0.2) is 14.4 Å². The predicted molar refractivity (Wildman–Crippen MR) is 93.9 cm³/mol. The highest BCUT2D eigenvalue weighted by Gasteiger charge is 2.18. The third kappa shape index (κ3) is 3.49. The summed E-state index contributed by atoms with van der Waals surface area (Å²) in [6.07, 6.45) is 4.54. The van der Waals surface area contributed by atoms with Gasteiger partial charge in [0.15, 0.2) is 0 Å². The number of nitrogen functional groups attached to an aromatic ring is 1. The molecule has 1 aliphatic rings. The molecule has 3 heterocycles. The second-order valence-electron chi connectivity index (χ2n) is 6.22. The van der Waals surface area contributed by atoms with Crippen molar-refractivity contribution in [1.29, 1.82) is 0 Å². The van der Waals surface area contributed by atoms with Crippen LogP contribution in [0.3, 0.4) is 0 Å². The molecule has 3 aromatic rings. The van der Waals surface area contributed by atoms with Gasteiger partial charge in [0.25, 0.3) is 0 Å². The lowest BCUT2D eigenvalue weighted by Crippen LogP contribution is -2.31. The van der Waals surface area contributed by atoms with Crippen LogP contribution in [0.25, 0.3) is 11.3 Å². The second kappa shape index (κ2) is 6.57. The Bertz CT molecular complexity index is 895. The highest BCUT2D eigenvalue weighted by Crippen LogP contribution is 2.21. The number of pyridine rings is 1. The van der Waals surface area contributed by atoms with E-state index in [1.54, 1.807) is 6.07 Å². The number of nitrogens with zero attached hydrogens (tertiary/aromatic N) is 4. The minimum atomic E-state index is -0.252. The van der Waals surface area contributed by atoms with Crippen molar-refractivity contribution in [2.24, 2.45) is 0 Å². The fourth-order valence-electron chi connectivity index (χ4n) is 3.12. The summed E-state index contributed by atoms with van der Waals surface area (Å²) in [7, 11) is 0. The Hall–Kier alpha value is -2.86. The van der Waals surface area contributed by atoms with Crippen molar-refractivity contribution in [2.75, 3.05) is 12.3 Å². The monoisotopic (exact) mass is 335 g/mol. The number of rotatable bonds is 3. The highest BCUT2D eigenvalue weighted by molar-refractivity contribution is 5.58. The smallest absolute Gasteiger partial charge is 0.220 e. The summed E-state index contributed by atoms with van der Waals surface area (Å²) in [5, 5.41) is 0. The quantitative estimate of drug-likeness (QED) is 0.797. The molecule has 0 atom stereocenters. The summed E-state index contributed by atoms with van der Waals surface area (Å²) in [4.78, 5) is 15.2. The Labute approximate surface area is 145 Å². The average molecular weight is 335 g/mol. The van der Waals surface area contributed by atoms with E-state index in [-0.39, 0.29) is 5.82 Å². The van der Waals surface area contributed by atoms with Crippen LogP contribution in [0.4, 0.5) is 10.3 Å². The average Bonchev–Trinajstić information content (AvgIpc) is 2.62. The Kier molecular flexibility index (Phi) is 4.11. The van der Waals surface area contributed by atoms with Gasteiger partial charge in [-0.15, -0.1) is 0 Å². The molecule has 126 valence electrons. The summed E-state index contributed by atoms with van der Waals surface area (Å²) >= 11 is 0. The highest BCUT2D eigenvalue weighted by atomic mass is 19.1. The number of benzene rings is 1. The maximum atomic E-state index is 13.3. The number of halogens is 1. The van der Waals surface area contributed by atoms with Crippen LogP contribution in [0, 0.1) is 5.82 Å². The molecule has 0 unspecified atom stereocenters. The zero-order valence-electron chi connectivity index (χ0n) is 13.7. The van der Waals surface area contributed by atoms with Gasteiger partial charge in [0.05, 0.1) is 11.4 Å². The fourth-order valence-corrected chi connectivity index (χ4v) is 3.12. The van der Waals surface area contributed by atoms with Crippen LogP contribution in [-0.2, 0) is 19.5 Å². The summed E-state index contributed by atoms with van der Waals surface area (Å²) in [5.74, 6) is 0.0857. The molecule has 1 aliphatic heterocycles. The zero-order chi connectivity index (χ0) is 17.2. The van der Waals surface area contributed by atoms with E-state index < -0.39 is 0 Å². The van der Waals surface area contributed by atoms with Gasteiger partial charge in [0.2, 0.25) is 5.95 Å². The van der Waals surface area contributed by atoms with Crippen LogP contribution in [0.2, 0.25) is 0 Å². The van der Waals surface area contributed by atoms with Crippen LogP contribution in [-0.4, -0.2) is 26.4 Å². The van der Waals surface area contributed by atoms with Crippen molar-refractivity contribution in [2.45, 2.75) is 19.5 Å². The van der Waals surface area contributed by atoms with Crippen LogP contribution in [0.5, 0.6) is 0 Å². The number of fused-ring (bicyclic) bond motifs is 1. The molecule has 0 aliphatic carbocycles. The first-order valence-corrected chi connectivity index (χ1v) is 8.21. The van der Waals surface area contributed by atoms with Gasteiger partial charge in [0.1, 0.15) is 5.82 Å². The summed E-state index contributed by atoms with van der Waals surface area (Å²) in [5.41, 5.74) is 10.5. The molecule has 0 saturated carbocycles. The Morgan fingerprint density at radius 3 is 2.84 bits per heavy atom. The van der Waals surface area contributed by atoms with Crippen LogP contribution < -0.4 is 5.73 Å². The number of anilines is 1. The molecule has 0 radical (unpaired) electrons. The van der Waals surface area contributed by atoms with Gasteiger partial charge in [-0.2, -0.15) is 0 Å². The number of aromatic nitrogens is 3. The van der Waals surface area contributed by atoms with Crippen molar-refractivity contribution in [1.82, 2.24) is 19.9 Å². The number of hydrogen-bond donors (Lipinski definition) is 1. The zero-order valence-corrected chi connectivity index (χ0v) is 13.7. The molecule has 25 heavy (non-hydrogen) atoms. The van der Waals surface area contributed by atoms with Gasteiger partial charge in [-0.3, -0.25) is 9.88 Å². The predicted octanol–water partition coefficient (Wildman–Crippen LogP) is 2.82. The van der Waals surface area contributed by atoms with E-state index in [4.69, 9.17) is 5.73 Å². The van der Waals surface area contributed by atoms with Crippen LogP contribution in [0.1, 0.15) is 16.8 Å². The van der Waals surface area contributed by atoms with E-state index in [0.717, 1.165) is 54.1 Å². The first-order chi connectivity index (χ1) is 12.2. The molecule has 0 saturated heterocycles. The van der Waals surface area contributed by atoms with Gasteiger partial charge in [-0.1, -0.05) is 18.2 Å². The maximum absolute atomic E-state index is 13.3. The van der Waals surface area contributed by atoms with E-state index in [0.29, 0.717) is 5.95 Å². The fraction of sp³-hybridized carbons (Fsp3) is 0.211. The molecule has 0 amide bonds. The number of hydrogen-bond acceptors (Lipinski definition) is 5. The lowest BCUT2D eigenvalue weighted by Gasteiger charge is -2.27. The minimum absolute atomic E-state index is 0.252. The Morgan fingerprint density at radius 2 is 2.04 bits per heavy atom. The van der Waals surface area contributed by atoms with Crippen molar-refractivity contribution >= 4 is 5.95 Å². The molecule has 0 spiro atoms. The standard InChI is InChI=1S/C19H18FN5/c20-16-3-1-2-14(8-16)17-5-4-13(9-22-17)11-25-7-6-18-15(12-25)10-23-19(21)24-18/h1-5,8-10H,6-7,11-12H2,(H2,21,23,24). The summed E-state index contributed by atoms with van der Waals surface area (Å²) in [6, 6.07) is 10.5. The van der Waals surface area contributed by atoms with E-state index in [1.165, 1.54) is 12.1 Å². The lowest BCUT2D eigenvalue weighted by atomic mass is 10.1. The molecule has 1 aromatic carbocycles. The van der Waals surface area contributed by atoms with Crippen molar-refractivity contribution in [3.63, 3.8) is 0 Å². The molecule has 0 fully saturated rings. The van der Waals surface area contributed by atoms with Gasteiger partial charge in [-0.05, 0) is 23.8 Å². The first-order valence-electron chi connectivity index (χ1n) is 8.21. The minimum Gasteiger partial charge on any atom is -0.368 e. The summed E-state index contributed by atoms with van der Waals surface area (Å²) < 4.78 is 13.3. The molecule has 5 nitrogen and oxygen atoms in total. The molecule has 2 aromatic heterocycles. The van der Waals surface area contributed by atoms with E-state index in [1.807, 2.05) is 30.6 Å². The summed E-state index contributed by atoms with van der Waals surface area (Å²) in [6.45, 7) is 2.54. The normalized spacial score (nSPS) is 14.3. The molecular formula is C19H18FN5. The van der Waals surface area contributed by atoms with Gasteiger partial charge in [0, 0.05) is 49.6 Å². The largest absolute Gasteiger partial charge is 0.368 e. The third-order valence-electron chi connectivity index (χ3n) is 4.38. The lowest BCUT2D eigenvalue weighted by molar-refractivity contribution is 0.243. The van der Waals surface area contributed by atoms with Crippen molar-refractivity contribution in [3.8, 4) is 11.3 Å². The third-order valence-corrected chi connectivity index (χ3v) is 4.38. The molecular weight excluding hydrogens is 317 g/mol. The van der Waals surface area contributed by atoms with Crippen LogP contribution in [0.15, 0.2) is 48.8 Å². The first kappa shape index (κ1) is 15.7. The SMILES string of the molecule is Nc1ncc2c(n1)CCN(Cc1ccc(-c3cccc(F)c3)nc1)C2. The van der Waals surface area contributed by atoms with E-state index in [9.17, 15) is 4.39 Å². The topological polar surface area (TPSA) is 67.9 Å². The van der Waals surface area contributed by atoms with E-state index >= 15 is 0 Å². The Morgan fingerprint density at radius 1 is 1.12 bits per heavy atom. The molecule has 2 N–H and O–H groups in total. The molecule has 6 heteroatoms. The van der Waals surface area contributed by atoms with Gasteiger partial charge >= 0.3 is 0 Å². The molecule has 0 bridgehead atoms. The van der Waals surface area contributed by atoms with Crippen molar-refractivity contribution < 1.29 is 4.39 Å². The number of nitrogens with two attached hydrogens (primary N) is 1. The van der Waals surface area contributed by atoms with Gasteiger partial charge < -0.3 is 5.73 Å². The molecule has 4 rings (SSSR count). The van der Waals surface area contributed by atoms with Crippen molar-refractivity contribution in [3.05, 3.63) is 71.4 Å². The van der Waals surface area contributed by atoms with E-state index in [2.05, 4.69) is 19.9 Å². The second-order valence-corrected chi connectivity index (χ2v) is 6.22. The van der Waals surface area contributed by atoms with Crippen LogP contribution >= 0.6 is 0 Å². The maximum Gasteiger partial charge on any atom is 0.220 e.